The highest BCUT2D eigenvalue weighted by atomic mass is 16.3. The third-order valence-electron chi connectivity index (χ3n) is 3.86. The van der Waals surface area contributed by atoms with Crippen molar-refractivity contribution >= 4 is 11.8 Å². The molecule has 0 aromatic carbocycles. The van der Waals surface area contributed by atoms with Gasteiger partial charge in [-0.25, -0.2) is 0 Å². The molecule has 1 aliphatic carbocycles. The predicted octanol–water partition coefficient (Wildman–Crippen LogP) is -0.459. The second kappa shape index (κ2) is 3.82. The summed E-state index contributed by atoms with van der Waals surface area (Å²) in [4.78, 5) is 22.5. The van der Waals surface area contributed by atoms with Gasteiger partial charge in [0.2, 0.25) is 11.8 Å². The van der Waals surface area contributed by atoms with E-state index in [4.69, 9.17) is 0 Å². The summed E-state index contributed by atoms with van der Waals surface area (Å²) in [6, 6.07) is -0.152. The highest BCUT2D eigenvalue weighted by molar-refractivity contribution is 6.00. The molecule has 3 unspecified atom stereocenters. The average molecular weight is 226 g/mol. The van der Waals surface area contributed by atoms with Gasteiger partial charge in [0.15, 0.2) is 0 Å². The molecule has 0 spiro atoms. The number of carbonyl (C=O) groups is 2. The van der Waals surface area contributed by atoms with Crippen LogP contribution in [0, 0.1) is 5.41 Å². The highest BCUT2D eigenvalue weighted by Gasteiger charge is 2.48. The van der Waals surface area contributed by atoms with Crippen LogP contribution in [0.25, 0.3) is 0 Å². The van der Waals surface area contributed by atoms with E-state index in [0.717, 1.165) is 0 Å². The van der Waals surface area contributed by atoms with Crippen LogP contribution in [-0.2, 0) is 9.59 Å². The zero-order valence-electron chi connectivity index (χ0n) is 9.62. The van der Waals surface area contributed by atoms with Crippen molar-refractivity contribution in [2.45, 2.75) is 51.3 Å². The van der Waals surface area contributed by atoms with E-state index in [1.54, 1.807) is 0 Å². The lowest BCUT2D eigenvalue weighted by molar-refractivity contribution is -0.136. The Labute approximate surface area is 94.6 Å². The van der Waals surface area contributed by atoms with Crippen molar-refractivity contribution in [2.75, 3.05) is 0 Å². The number of hydrogen-bond acceptors (Lipinski definition) is 4. The zero-order valence-corrected chi connectivity index (χ0v) is 9.62. The van der Waals surface area contributed by atoms with Gasteiger partial charge >= 0.3 is 0 Å². The van der Waals surface area contributed by atoms with Crippen LogP contribution < -0.4 is 10.6 Å². The van der Waals surface area contributed by atoms with E-state index in [-0.39, 0.29) is 35.4 Å². The minimum Gasteiger partial charge on any atom is -0.392 e. The summed E-state index contributed by atoms with van der Waals surface area (Å²) >= 11 is 0. The maximum atomic E-state index is 11.5. The fourth-order valence-corrected chi connectivity index (χ4v) is 2.28. The van der Waals surface area contributed by atoms with E-state index < -0.39 is 0 Å². The molecule has 0 aromatic heterocycles. The van der Waals surface area contributed by atoms with Crippen molar-refractivity contribution in [3.8, 4) is 0 Å². The van der Waals surface area contributed by atoms with Crippen molar-refractivity contribution in [1.29, 1.82) is 0 Å². The molecule has 1 aliphatic heterocycles. The van der Waals surface area contributed by atoms with Gasteiger partial charge in [0.05, 0.1) is 12.1 Å². The number of piperidine rings is 1. The molecule has 16 heavy (non-hydrogen) atoms. The van der Waals surface area contributed by atoms with Crippen molar-refractivity contribution in [3.05, 3.63) is 0 Å². The summed E-state index contributed by atoms with van der Waals surface area (Å²) in [5.74, 6) is -0.440. The van der Waals surface area contributed by atoms with Crippen LogP contribution in [0.2, 0.25) is 0 Å². The Bertz CT molecular complexity index is 327. The Kier molecular flexibility index (Phi) is 2.75. The third kappa shape index (κ3) is 1.85. The molecule has 5 heteroatoms. The van der Waals surface area contributed by atoms with E-state index in [2.05, 4.69) is 10.6 Å². The first-order chi connectivity index (χ1) is 7.41. The van der Waals surface area contributed by atoms with E-state index in [1.807, 2.05) is 13.8 Å². The van der Waals surface area contributed by atoms with Gasteiger partial charge in [-0.05, 0) is 12.8 Å². The van der Waals surface area contributed by atoms with Gasteiger partial charge in [0, 0.05) is 17.9 Å². The van der Waals surface area contributed by atoms with Gasteiger partial charge in [0.1, 0.15) is 0 Å². The van der Waals surface area contributed by atoms with Gasteiger partial charge in [-0.15, -0.1) is 0 Å². The zero-order chi connectivity index (χ0) is 11.9. The summed E-state index contributed by atoms with van der Waals surface area (Å²) in [6.45, 7) is 3.95. The van der Waals surface area contributed by atoms with E-state index >= 15 is 0 Å². The monoisotopic (exact) mass is 226 g/mol. The molecule has 0 radical (unpaired) electrons. The first-order valence-corrected chi connectivity index (χ1v) is 5.69. The normalized spacial score (nSPS) is 37.8. The minimum atomic E-state index is -0.307. The van der Waals surface area contributed by atoms with E-state index in [1.165, 1.54) is 0 Å². The molecule has 1 saturated heterocycles. The lowest BCUT2D eigenvalue weighted by Gasteiger charge is -2.50. The highest BCUT2D eigenvalue weighted by Crippen LogP contribution is 2.40. The molecule has 2 aliphatic rings. The SMILES string of the molecule is CC1(C)C(O)CC1NC1CCC(=O)NC1=O. The number of aliphatic hydroxyl groups is 1. The Hall–Kier alpha value is -0.940. The smallest absolute Gasteiger partial charge is 0.243 e. The van der Waals surface area contributed by atoms with E-state index in [9.17, 15) is 14.7 Å². The van der Waals surface area contributed by atoms with Gasteiger partial charge in [-0.2, -0.15) is 0 Å². The van der Waals surface area contributed by atoms with Crippen LogP contribution in [0.3, 0.4) is 0 Å². The molecule has 5 nitrogen and oxygen atoms in total. The number of carbonyl (C=O) groups excluding carboxylic acids is 2. The quantitative estimate of drug-likeness (QED) is 0.557. The van der Waals surface area contributed by atoms with Gasteiger partial charge < -0.3 is 10.4 Å². The Morgan fingerprint density at radius 2 is 2.12 bits per heavy atom. The lowest BCUT2D eigenvalue weighted by atomic mass is 9.64. The first kappa shape index (κ1) is 11.5. The first-order valence-electron chi connectivity index (χ1n) is 5.69. The van der Waals surface area contributed by atoms with Crippen LogP contribution in [0.4, 0.5) is 0 Å². The van der Waals surface area contributed by atoms with Crippen molar-refractivity contribution < 1.29 is 14.7 Å². The standard InChI is InChI=1S/C11H18N2O3/c1-11(2)7(5-8(11)14)12-6-3-4-9(15)13-10(6)16/h6-8,12,14H,3-5H2,1-2H3,(H,13,15,16). The topological polar surface area (TPSA) is 78.4 Å². The number of nitrogens with one attached hydrogen (secondary N) is 2. The Balaban J connectivity index is 1.91. The molecule has 3 atom stereocenters. The van der Waals surface area contributed by atoms with Crippen LogP contribution in [0.5, 0.6) is 0 Å². The van der Waals surface area contributed by atoms with Gasteiger partial charge in [0.25, 0.3) is 0 Å². The predicted molar refractivity (Wildman–Crippen MR) is 57.5 cm³/mol. The molecule has 1 heterocycles. The largest absolute Gasteiger partial charge is 0.392 e. The summed E-state index contributed by atoms with van der Waals surface area (Å²) in [6.07, 6.45) is 1.30. The summed E-state index contributed by atoms with van der Waals surface area (Å²) in [7, 11) is 0. The molecular formula is C11H18N2O3. The van der Waals surface area contributed by atoms with E-state index in [0.29, 0.717) is 19.3 Å². The van der Waals surface area contributed by atoms with Crippen molar-refractivity contribution in [1.82, 2.24) is 10.6 Å². The molecule has 3 N–H and O–H groups in total. The molecule has 2 fully saturated rings. The third-order valence-corrected chi connectivity index (χ3v) is 3.86. The fourth-order valence-electron chi connectivity index (χ4n) is 2.28. The number of imide groups is 1. The average Bonchev–Trinajstić information content (AvgIpc) is 2.21. The summed E-state index contributed by atoms with van der Waals surface area (Å²) in [5.41, 5.74) is -0.193. The molecule has 2 rings (SSSR count). The molecule has 0 aromatic rings. The van der Waals surface area contributed by atoms with Crippen molar-refractivity contribution in [3.63, 3.8) is 0 Å². The number of rotatable bonds is 2. The van der Waals surface area contributed by atoms with Gasteiger partial charge in [-0.3, -0.25) is 14.9 Å². The molecular weight excluding hydrogens is 208 g/mol. The summed E-state index contributed by atoms with van der Waals surface area (Å²) < 4.78 is 0. The number of hydrogen-bond donors (Lipinski definition) is 3. The second-order valence-electron chi connectivity index (χ2n) is 5.30. The fraction of sp³-hybridized carbons (Fsp3) is 0.818. The van der Waals surface area contributed by atoms with Crippen LogP contribution in [-0.4, -0.2) is 35.1 Å². The maximum absolute atomic E-state index is 11.5. The Morgan fingerprint density at radius 3 is 2.62 bits per heavy atom. The number of amides is 2. The molecule has 2 amide bonds. The van der Waals surface area contributed by atoms with Crippen LogP contribution in [0.15, 0.2) is 0 Å². The van der Waals surface area contributed by atoms with Crippen molar-refractivity contribution in [2.24, 2.45) is 5.41 Å². The molecule has 1 saturated carbocycles. The molecule has 90 valence electrons. The second-order valence-corrected chi connectivity index (χ2v) is 5.30. The Morgan fingerprint density at radius 1 is 1.44 bits per heavy atom. The maximum Gasteiger partial charge on any atom is 0.243 e. The number of aliphatic hydroxyl groups excluding tert-OH is 1. The van der Waals surface area contributed by atoms with Crippen LogP contribution >= 0.6 is 0 Å². The van der Waals surface area contributed by atoms with Crippen LogP contribution in [0.1, 0.15) is 33.1 Å². The lowest BCUT2D eigenvalue weighted by Crippen LogP contribution is -2.64. The minimum absolute atomic E-state index is 0.145. The molecule has 0 bridgehead atoms. The summed E-state index contributed by atoms with van der Waals surface area (Å²) in [5, 5.41) is 15.1. The van der Waals surface area contributed by atoms with Gasteiger partial charge in [-0.1, -0.05) is 13.8 Å².